The molecule has 0 saturated heterocycles. The summed E-state index contributed by atoms with van der Waals surface area (Å²) >= 11 is 0. The van der Waals surface area contributed by atoms with Crippen LogP contribution in [0.1, 0.15) is 25.3 Å². The topological polar surface area (TPSA) is 12.0 Å². The third kappa shape index (κ3) is 3.54. The van der Waals surface area contributed by atoms with E-state index < -0.39 is 8.24 Å². The van der Waals surface area contributed by atoms with Crippen molar-refractivity contribution in [2.24, 2.45) is 17.8 Å². The van der Waals surface area contributed by atoms with Gasteiger partial charge in [0.25, 0.3) is 0 Å². The van der Waals surface area contributed by atoms with Gasteiger partial charge in [0.05, 0.1) is 0 Å². The molecule has 1 aromatic carbocycles. The highest BCUT2D eigenvalue weighted by Gasteiger charge is 2.36. The lowest BCUT2D eigenvalue weighted by molar-refractivity contribution is 0.520. The van der Waals surface area contributed by atoms with E-state index in [1.165, 1.54) is 30.1 Å². The van der Waals surface area contributed by atoms with E-state index in [0.717, 1.165) is 17.8 Å². The second-order valence-electron chi connectivity index (χ2n) is 8.03. The smallest absolute Gasteiger partial charge is 0.151 e. The molecule has 118 valence electrons. The molecule has 2 heteroatoms. The second-order valence-corrected chi connectivity index (χ2v) is 12.4. The maximum Gasteiger partial charge on any atom is 0.151 e. The van der Waals surface area contributed by atoms with Crippen LogP contribution in [0.3, 0.4) is 0 Å². The molecule has 1 nitrogen and oxygen atoms in total. The Morgan fingerprint density at radius 1 is 1.14 bits per heavy atom. The molecule has 1 fully saturated rings. The fourth-order valence-electron chi connectivity index (χ4n) is 4.19. The summed E-state index contributed by atoms with van der Waals surface area (Å²) in [4.78, 5) is 3.86. The normalized spacial score (nSPS) is 27.5. The molecule has 0 amide bonds. The molecule has 0 bridgehead atoms. The zero-order valence-corrected chi connectivity index (χ0v) is 15.4. The molecule has 3 atom stereocenters. The van der Waals surface area contributed by atoms with Crippen LogP contribution in [0, 0.1) is 24.7 Å². The van der Waals surface area contributed by atoms with E-state index in [-0.39, 0.29) is 0 Å². The molecule has 22 heavy (non-hydrogen) atoms. The van der Waals surface area contributed by atoms with Crippen molar-refractivity contribution in [2.75, 3.05) is 4.98 Å². The Kier molecular flexibility index (Phi) is 4.31. The first-order chi connectivity index (χ1) is 10.4. The van der Waals surface area contributed by atoms with Crippen molar-refractivity contribution in [2.45, 2.75) is 45.8 Å². The summed E-state index contributed by atoms with van der Waals surface area (Å²) in [5.74, 6) is 2.50. The van der Waals surface area contributed by atoms with Crippen LogP contribution in [0.15, 0.2) is 48.1 Å². The third-order valence-corrected chi connectivity index (χ3v) is 7.43. The van der Waals surface area contributed by atoms with Gasteiger partial charge < -0.3 is 4.98 Å². The summed E-state index contributed by atoms with van der Waals surface area (Å²) in [6.07, 6.45) is 9.93. The molecule has 1 aromatic rings. The van der Waals surface area contributed by atoms with Crippen molar-refractivity contribution in [3.05, 3.63) is 53.6 Å². The predicted octanol–water partition coefficient (Wildman–Crippen LogP) is 5.77. The number of fused-ring (bicyclic) bond motifs is 1. The van der Waals surface area contributed by atoms with Gasteiger partial charge in [-0.3, -0.25) is 0 Å². The third-order valence-electron chi connectivity index (χ3n) is 5.17. The van der Waals surface area contributed by atoms with Crippen molar-refractivity contribution in [1.82, 2.24) is 0 Å². The van der Waals surface area contributed by atoms with Gasteiger partial charge in [-0.2, -0.15) is 0 Å². The molecule has 2 aliphatic carbocycles. The van der Waals surface area contributed by atoms with Gasteiger partial charge in [0.15, 0.2) is 8.24 Å². The maximum atomic E-state index is 3.86. The number of rotatable bonds is 4. The van der Waals surface area contributed by atoms with Crippen LogP contribution in [0.4, 0.5) is 5.69 Å². The molecule has 0 heterocycles. The van der Waals surface area contributed by atoms with Crippen molar-refractivity contribution >= 4 is 13.9 Å². The number of nitrogens with one attached hydrogen (secondary N) is 1. The number of allylic oxidation sites excluding steroid dienone is 4. The molecule has 3 rings (SSSR count). The molecule has 2 aliphatic rings. The summed E-state index contributed by atoms with van der Waals surface area (Å²) in [5, 5.41) is 0. The molecule has 0 aliphatic heterocycles. The molecule has 0 radical (unpaired) electrons. The summed E-state index contributed by atoms with van der Waals surface area (Å²) in [6.45, 7) is 9.47. The lowest BCUT2D eigenvalue weighted by atomic mass is 9.86. The van der Waals surface area contributed by atoms with Gasteiger partial charge in [0.2, 0.25) is 0 Å². The minimum atomic E-state index is -1.48. The molecular weight excluding hydrogens is 282 g/mol. The molecule has 0 aromatic heterocycles. The Hall–Kier alpha value is -1.28. The Balaban J connectivity index is 1.69. The van der Waals surface area contributed by atoms with Gasteiger partial charge in [-0.05, 0) is 55.7 Å². The van der Waals surface area contributed by atoms with E-state index >= 15 is 0 Å². The fraction of sp³-hybridized carbons (Fsp3) is 0.500. The Labute approximate surface area is 136 Å². The van der Waals surface area contributed by atoms with E-state index in [1.807, 2.05) is 0 Å². The molecular formula is C20H29NSi. The zero-order valence-electron chi connectivity index (χ0n) is 14.4. The van der Waals surface area contributed by atoms with E-state index in [0.29, 0.717) is 0 Å². The maximum absolute atomic E-state index is 3.86. The number of hydrogen-bond acceptors (Lipinski definition) is 1. The van der Waals surface area contributed by atoms with Gasteiger partial charge in [-0.25, -0.2) is 0 Å². The monoisotopic (exact) mass is 311 g/mol. The van der Waals surface area contributed by atoms with Crippen molar-refractivity contribution < 1.29 is 0 Å². The van der Waals surface area contributed by atoms with Gasteiger partial charge >= 0.3 is 0 Å². The van der Waals surface area contributed by atoms with Crippen LogP contribution in [0.25, 0.3) is 0 Å². The largest absolute Gasteiger partial charge is 0.410 e. The number of anilines is 1. The van der Waals surface area contributed by atoms with Crippen LogP contribution >= 0.6 is 0 Å². The van der Waals surface area contributed by atoms with Crippen LogP contribution in [0.2, 0.25) is 19.1 Å². The number of hydrogen-bond donors (Lipinski definition) is 1. The average Bonchev–Trinajstić information content (AvgIpc) is 2.82. The SMILES string of the molecule is Cc1ccc(N[Si](C)(C)CC2=CC=CC3CC(C)CC23)cc1. The zero-order chi connectivity index (χ0) is 15.7. The quantitative estimate of drug-likeness (QED) is 0.696. The van der Waals surface area contributed by atoms with Gasteiger partial charge in [0, 0.05) is 5.69 Å². The average molecular weight is 312 g/mol. The van der Waals surface area contributed by atoms with Crippen LogP contribution < -0.4 is 4.98 Å². The van der Waals surface area contributed by atoms with Crippen LogP contribution in [-0.4, -0.2) is 8.24 Å². The number of benzene rings is 1. The predicted molar refractivity (Wildman–Crippen MR) is 99.7 cm³/mol. The molecule has 3 unspecified atom stereocenters. The summed E-state index contributed by atoms with van der Waals surface area (Å²) in [7, 11) is -1.48. The minimum absolute atomic E-state index is 0.805. The number of aryl methyl sites for hydroxylation is 1. The Morgan fingerprint density at radius 3 is 2.59 bits per heavy atom. The van der Waals surface area contributed by atoms with Gasteiger partial charge in [-0.1, -0.05) is 61.5 Å². The van der Waals surface area contributed by atoms with Gasteiger partial charge in [0.1, 0.15) is 0 Å². The van der Waals surface area contributed by atoms with E-state index in [1.54, 1.807) is 5.57 Å². The highest BCUT2D eigenvalue weighted by Crippen LogP contribution is 2.45. The first-order valence-electron chi connectivity index (χ1n) is 8.65. The van der Waals surface area contributed by atoms with Gasteiger partial charge in [-0.15, -0.1) is 0 Å². The highest BCUT2D eigenvalue weighted by atomic mass is 28.3. The van der Waals surface area contributed by atoms with Crippen molar-refractivity contribution in [1.29, 1.82) is 0 Å². The van der Waals surface area contributed by atoms with Crippen molar-refractivity contribution in [3.8, 4) is 0 Å². The standard InChI is InChI=1S/C20H29NSi/c1-15-8-10-19(11-9-15)21-22(3,4)14-18-7-5-6-17-12-16(2)13-20(17)18/h5-11,16-17,20-21H,12-14H2,1-4H3. The minimum Gasteiger partial charge on any atom is -0.410 e. The Bertz CT molecular complexity index is 582. The van der Waals surface area contributed by atoms with E-state index in [2.05, 4.69) is 74.4 Å². The van der Waals surface area contributed by atoms with E-state index in [9.17, 15) is 0 Å². The molecule has 1 N–H and O–H groups in total. The second kappa shape index (κ2) is 6.08. The van der Waals surface area contributed by atoms with Crippen molar-refractivity contribution in [3.63, 3.8) is 0 Å². The lowest BCUT2D eigenvalue weighted by Crippen LogP contribution is -2.38. The summed E-state index contributed by atoms with van der Waals surface area (Å²) < 4.78 is 0. The lowest BCUT2D eigenvalue weighted by Gasteiger charge is -2.31. The molecule has 1 saturated carbocycles. The summed E-state index contributed by atoms with van der Waals surface area (Å²) in [6, 6.07) is 10.1. The Morgan fingerprint density at radius 2 is 1.86 bits per heavy atom. The van der Waals surface area contributed by atoms with Crippen LogP contribution in [-0.2, 0) is 0 Å². The summed E-state index contributed by atoms with van der Waals surface area (Å²) in [5.41, 5.74) is 4.31. The molecule has 0 spiro atoms. The first-order valence-corrected chi connectivity index (χ1v) is 11.9. The van der Waals surface area contributed by atoms with Crippen LogP contribution in [0.5, 0.6) is 0 Å². The fourth-order valence-corrected chi connectivity index (χ4v) is 6.63. The first kappa shape index (κ1) is 15.6. The highest BCUT2D eigenvalue weighted by molar-refractivity contribution is 6.80. The van der Waals surface area contributed by atoms with E-state index in [4.69, 9.17) is 0 Å².